The summed E-state index contributed by atoms with van der Waals surface area (Å²) in [4.78, 5) is 14.7. The van der Waals surface area contributed by atoms with Crippen LogP contribution in [0.15, 0.2) is 22.9 Å². The number of fused-ring (bicyclic) bond motifs is 1. The first kappa shape index (κ1) is 13.1. The number of ether oxygens (including phenoxy) is 1. The molecule has 102 valence electrons. The van der Waals surface area contributed by atoms with Crippen molar-refractivity contribution < 1.29 is 9.13 Å². The summed E-state index contributed by atoms with van der Waals surface area (Å²) in [5, 5.41) is -0.0156. The Kier molecular flexibility index (Phi) is 3.19. The topological polar surface area (TPSA) is 89.7 Å². The second kappa shape index (κ2) is 4.88. The Morgan fingerprint density at radius 2 is 2.15 bits per heavy atom. The number of aromatic nitrogens is 4. The number of hydrogen-bond donors (Lipinski definition) is 2. The molecule has 3 aromatic rings. The first-order valence-corrected chi connectivity index (χ1v) is 6.50. The number of imidazole rings is 1. The zero-order valence-corrected chi connectivity index (χ0v) is 12.0. The van der Waals surface area contributed by atoms with Crippen molar-refractivity contribution in [3.63, 3.8) is 0 Å². The lowest BCUT2D eigenvalue weighted by atomic mass is 10.3. The van der Waals surface area contributed by atoms with Crippen LogP contribution in [-0.2, 0) is 0 Å². The van der Waals surface area contributed by atoms with Crippen LogP contribution in [0.2, 0.25) is 5.02 Å². The van der Waals surface area contributed by atoms with Gasteiger partial charge in [0.2, 0.25) is 5.95 Å². The lowest BCUT2D eigenvalue weighted by Crippen LogP contribution is -1.99. The van der Waals surface area contributed by atoms with Crippen LogP contribution >= 0.6 is 27.5 Å². The summed E-state index contributed by atoms with van der Waals surface area (Å²) in [6.45, 7) is 0. The molecule has 0 spiro atoms. The van der Waals surface area contributed by atoms with Gasteiger partial charge in [-0.1, -0.05) is 11.6 Å². The minimum absolute atomic E-state index is 0.00478. The number of hydrogen-bond acceptors (Lipinski definition) is 5. The number of anilines is 1. The van der Waals surface area contributed by atoms with E-state index in [1.165, 1.54) is 12.4 Å². The maximum Gasteiger partial charge on any atom is 0.250 e. The Balaban J connectivity index is 2.09. The van der Waals surface area contributed by atoms with Crippen LogP contribution in [0.25, 0.3) is 11.2 Å². The van der Waals surface area contributed by atoms with E-state index in [2.05, 4.69) is 35.9 Å². The third-order valence-electron chi connectivity index (χ3n) is 2.45. The minimum atomic E-state index is -0.604. The minimum Gasteiger partial charge on any atom is -0.436 e. The molecule has 3 rings (SSSR count). The van der Waals surface area contributed by atoms with Crippen LogP contribution < -0.4 is 10.5 Å². The molecule has 0 unspecified atom stereocenters. The average Bonchev–Trinajstić information content (AvgIpc) is 2.84. The molecule has 0 saturated carbocycles. The van der Waals surface area contributed by atoms with E-state index in [-0.39, 0.29) is 22.6 Å². The van der Waals surface area contributed by atoms with Gasteiger partial charge >= 0.3 is 0 Å². The van der Waals surface area contributed by atoms with Gasteiger partial charge in [-0.3, -0.25) is 0 Å². The fraction of sp³-hybridized carbons (Fsp3) is 0. The highest BCUT2D eigenvalue weighted by Gasteiger charge is 2.14. The Bertz CT molecular complexity index is 809. The fourth-order valence-corrected chi connectivity index (χ4v) is 2.30. The second-order valence-electron chi connectivity index (χ2n) is 3.79. The molecular formula is C11H6BrClFN5O. The molecule has 20 heavy (non-hydrogen) atoms. The maximum atomic E-state index is 13.5. The van der Waals surface area contributed by atoms with E-state index < -0.39 is 5.82 Å². The summed E-state index contributed by atoms with van der Waals surface area (Å²) < 4.78 is 19.5. The summed E-state index contributed by atoms with van der Waals surface area (Å²) in [7, 11) is 0. The van der Waals surface area contributed by atoms with Crippen molar-refractivity contribution in [1.29, 1.82) is 0 Å². The van der Waals surface area contributed by atoms with E-state index in [4.69, 9.17) is 22.1 Å². The molecule has 0 amide bonds. The van der Waals surface area contributed by atoms with Gasteiger partial charge in [-0.25, -0.2) is 9.37 Å². The molecule has 0 aliphatic carbocycles. The van der Waals surface area contributed by atoms with Crippen LogP contribution in [0.5, 0.6) is 11.6 Å². The van der Waals surface area contributed by atoms with E-state index in [1.807, 2.05) is 0 Å². The van der Waals surface area contributed by atoms with Gasteiger partial charge in [0.1, 0.15) is 17.1 Å². The molecule has 0 saturated heterocycles. The number of halogens is 3. The van der Waals surface area contributed by atoms with Gasteiger partial charge < -0.3 is 15.5 Å². The lowest BCUT2D eigenvalue weighted by molar-refractivity contribution is 0.460. The molecule has 0 aliphatic heterocycles. The quantitative estimate of drug-likeness (QED) is 0.686. The standard InChI is InChI=1S/C11H6BrClFN5O/c12-4-1-5(13)6(14)2-7(4)20-10-8-9(17-3-16-8)18-11(15)19-10/h1-3H,(H3,15,16,17,18,19). The van der Waals surface area contributed by atoms with Gasteiger partial charge in [-0.2, -0.15) is 9.97 Å². The fourth-order valence-electron chi connectivity index (χ4n) is 1.58. The summed E-state index contributed by atoms with van der Waals surface area (Å²) in [5.41, 5.74) is 6.39. The number of nitrogens with two attached hydrogens (primary N) is 1. The zero-order chi connectivity index (χ0) is 14.3. The first-order chi connectivity index (χ1) is 9.54. The van der Waals surface area contributed by atoms with E-state index in [0.29, 0.717) is 15.6 Å². The van der Waals surface area contributed by atoms with Crippen molar-refractivity contribution in [2.45, 2.75) is 0 Å². The maximum absolute atomic E-state index is 13.5. The van der Waals surface area contributed by atoms with Crippen LogP contribution in [0.3, 0.4) is 0 Å². The summed E-state index contributed by atoms with van der Waals surface area (Å²) >= 11 is 8.90. The van der Waals surface area contributed by atoms with E-state index in [9.17, 15) is 4.39 Å². The van der Waals surface area contributed by atoms with Gasteiger partial charge in [-0.05, 0) is 22.0 Å². The van der Waals surface area contributed by atoms with E-state index in [1.54, 1.807) is 0 Å². The molecule has 9 heteroatoms. The summed E-state index contributed by atoms with van der Waals surface area (Å²) in [6, 6.07) is 2.54. The molecule has 0 bridgehead atoms. The number of aromatic amines is 1. The van der Waals surface area contributed by atoms with Gasteiger partial charge in [0.25, 0.3) is 5.88 Å². The van der Waals surface area contributed by atoms with Crippen molar-refractivity contribution in [3.05, 3.63) is 33.8 Å². The molecule has 0 radical (unpaired) electrons. The van der Waals surface area contributed by atoms with Gasteiger partial charge in [0, 0.05) is 6.07 Å². The van der Waals surface area contributed by atoms with Crippen molar-refractivity contribution in [1.82, 2.24) is 19.9 Å². The lowest BCUT2D eigenvalue weighted by Gasteiger charge is -2.08. The number of nitrogen functional groups attached to an aromatic ring is 1. The van der Waals surface area contributed by atoms with Crippen LogP contribution in [0.1, 0.15) is 0 Å². The molecule has 0 atom stereocenters. The SMILES string of the molecule is Nc1nc(Oc2cc(F)c(Cl)cc2Br)c2[nH]cnc2n1. The smallest absolute Gasteiger partial charge is 0.250 e. The van der Waals surface area contributed by atoms with Gasteiger partial charge in [0.05, 0.1) is 15.8 Å². The number of nitrogens with zero attached hydrogens (tertiary/aromatic N) is 3. The highest BCUT2D eigenvalue weighted by atomic mass is 79.9. The Morgan fingerprint density at radius 3 is 2.95 bits per heavy atom. The Hall–Kier alpha value is -1.93. The molecule has 2 aromatic heterocycles. The van der Waals surface area contributed by atoms with Crippen LogP contribution in [0.4, 0.5) is 10.3 Å². The second-order valence-corrected chi connectivity index (χ2v) is 5.05. The van der Waals surface area contributed by atoms with Crippen LogP contribution in [-0.4, -0.2) is 19.9 Å². The van der Waals surface area contributed by atoms with Crippen molar-refractivity contribution in [2.75, 3.05) is 5.73 Å². The van der Waals surface area contributed by atoms with Crippen LogP contribution in [0, 0.1) is 5.82 Å². The van der Waals surface area contributed by atoms with E-state index >= 15 is 0 Å². The number of benzene rings is 1. The monoisotopic (exact) mass is 357 g/mol. The van der Waals surface area contributed by atoms with Crippen molar-refractivity contribution >= 4 is 44.6 Å². The average molecular weight is 359 g/mol. The van der Waals surface area contributed by atoms with E-state index in [0.717, 1.165) is 6.07 Å². The molecule has 0 fully saturated rings. The molecule has 0 aliphatic rings. The highest BCUT2D eigenvalue weighted by Crippen LogP contribution is 2.34. The first-order valence-electron chi connectivity index (χ1n) is 5.33. The zero-order valence-electron chi connectivity index (χ0n) is 9.69. The predicted molar refractivity (Wildman–Crippen MR) is 75.3 cm³/mol. The number of H-pyrrole nitrogens is 1. The molecule has 6 nitrogen and oxygen atoms in total. The summed E-state index contributed by atoms with van der Waals surface area (Å²) in [5.74, 6) is -0.244. The predicted octanol–water partition coefficient (Wildman–Crippen LogP) is 3.28. The third kappa shape index (κ3) is 2.27. The molecule has 3 N–H and O–H groups in total. The third-order valence-corrected chi connectivity index (χ3v) is 3.36. The Morgan fingerprint density at radius 1 is 1.35 bits per heavy atom. The highest BCUT2D eigenvalue weighted by molar-refractivity contribution is 9.10. The molecule has 2 heterocycles. The number of nitrogens with one attached hydrogen (secondary N) is 1. The van der Waals surface area contributed by atoms with Crippen molar-refractivity contribution in [3.8, 4) is 11.6 Å². The molecular weight excluding hydrogens is 353 g/mol. The normalized spacial score (nSPS) is 10.9. The summed E-state index contributed by atoms with van der Waals surface area (Å²) in [6.07, 6.45) is 1.43. The largest absolute Gasteiger partial charge is 0.436 e. The Labute approximate surface area is 125 Å². The molecule has 1 aromatic carbocycles. The number of rotatable bonds is 2. The van der Waals surface area contributed by atoms with Crippen molar-refractivity contribution in [2.24, 2.45) is 0 Å². The van der Waals surface area contributed by atoms with Gasteiger partial charge in [-0.15, -0.1) is 0 Å². The van der Waals surface area contributed by atoms with Gasteiger partial charge in [0.15, 0.2) is 5.65 Å².